The number of hydrogen-bond donors (Lipinski definition) is 1. The van der Waals surface area contributed by atoms with E-state index < -0.39 is 5.66 Å². The maximum absolute atomic E-state index is 13.3. The van der Waals surface area contributed by atoms with Crippen LogP contribution in [0.5, 0.6) is 0 Å². The zero-order chi connectivity index (χ0) is 24.6. The molecule has 184 valence electrons. The highest BCUT2D eigenvalue weighted by Gasteiger charge is 2.52. The molecule has 8 heteroatoms. The summed E-state index contributed by atoms with van der Waals surface area (Å²) in [6.07, 6.45) is 2.82. The molecule has 3 amide bonds. The third kappa shape index (κ3) is 4.37. The third-order valence-electron chi connectivity index (χ3n) is 7.60. The minimum atomic E-state index is -0.688. The molecule has 2 fully saturated rings. The van der Waals surface area contributed by atoms with Crippen molar-refractivity contribution in [3.05, 3.63) is 59.9 Å². The van der Waals surface area contributed by atoms with Crippen LogP contribution in [0.1, 0.15) is 49.4 Å². The SMILES string of the molecule is CC12CCC(=O)N1c1ccccc1C(=O)N2CCCC(=O)NCC1CCN(c2ccc(F)cc2)C1. The predicted octanol–water partition coefficient (Wildman–Crippen LogP) is 3.55. The van der Waals surface area contributed by atoms with Crippen molar-refractivity contribution in [3.63, 3.8) is 0 Å². The third-order valence-corrected chi connectivity index (χ3v) is 7.60. The molecule has 1 N–H and O–H groups in total. The van der Waals surface area contributed by atoms with Gasteiger partial charge in [-0.05, 0) is 68.5 Å². The van der Waals surface area contributed by atoms with Crippen LogP contribution >= 0.6 is 0 Å². The van der Waals surface area contributed by atoms with E-state index in [9.17, 15) is 18.8 Å². The molecule has 5 rings (SSSR count). The minimum Gasteiger partial charge on any atom is -0.371 e. The van der Waals surface area contributed by atoms with Crippen LogP contribution in [0, 0.1) is 11.7 Å². The van der Waals surface area contributed by atoms with E-state index in [4.69, 9.17) is 0 Å². The Hall–Kier alpha value is -3.42. The highest BCUT2D eigenvalue weighted by Crippen LogP contribution is 2.44. The summed E-state index contributed by atoms with van der Waals surface area (Å²) in [5.74, 6) is 0.0249. The second kappa shape index (κ2) is 9.32. The molecule has 2 saturated heterocycles. The molecule has 0 aromatic heterocycles. The van der Waals surface area contributed by atoms with E-state index in [0.29, 0.717) is 55.9 Å². The van der Waals surface area contributed by atoms with Gasteiger partial charge in [0.15, 0.2) is 0 Å². The lowest BCUT2D eigenvalue weighted by atomic mass is 9.98. The molecule has 3 aliphatic rings. The second-order valence-corrected chi connectivity index (χ2v) is 9.90. The number of halogens is 1. The van der Waals surface area contributed by atoms with Crippen LogP contribution in [0.2, 0.25) is 0 Å². The number of fused-ring (bicyclic) bond motifs is 3. The Morgan fingerprint density at radius 1 is 1.14 bits per heavy atom. The summed E-state index contributed by atoms with van der Waals surface area (Å²) >= 11 is 0. The average molecular weight is 479 g/mol. The normalized spacial score (nSPS) is 23.5. The molecule has 2 aromatic rings. The van der Waals surface area contributed by atoms with Gasteiger partial charge in [-0.25, -0.2) is 4.39 Å². The molecule has 0 saturated carbocycles. The topological polar surface area (TPSA) is 73.0 Å². The number of nitrogens with zero attached hydrogens (tertiary/aromatic N) is 3. The Balaban J connectivity index is 1.13. The molecule has 35 heavy (non-hydrogen) atoms. The van der Waals surface area contributed by atoms with E-state index in [-0.39, 0.29) is 23.5 Å². The predicted molar refractivity (Wildman–Crippen MR) is 132 cm³/mol. The number of rotatable bonds is 7. The molecule has 2 unspecified atom stereocenters. The molecule has 7 nitrogen and oxygen atoms in total. The Bertz CT molecular complexity index is 1140. The minimum absolute atomic E-state index is 0.0281. The quantitative estimate of drug-likeness (QED) is 0.661. The molecular formula is C27H31FN4O3. The van der Waals surface area contributed by atoms with E-state index in [1.165, 1.54) is 12.1 Å². The second-order valence-electron chi connectivity index (χ2n) is 9.90. The van der Waals surface area contributed by atoms with Crippen molar-refractivity contribution in [2.75, 3.05) is 36.0 Å². The fourth-order valence-electron chi connectivity index (χ4n) is 5.67. The highest BCUT2D eigenvalue weighted by atomic mass is 19.1. The highest BCUT2D eigenvalue weighted by molar-refractivity contribution is 6.10. The molecule has 2 atom stereocenters. The van der Waals surface area contributed by atoms with Crippen LogP contribution in [-0.4, -0.2) is 54.5 Å². The van der Waals surface area contributed by atoms with Crippen molar-refractivity contribution in [1.29, 1.82) is 0 Å². The summed E-state index contributed by atoms with van der Waals surface area (Å²) in [5, 5.41) is 3.04. The Kier molecular flexibility index (Phi) is 6.21. The Morgan fingerprint density at radius 2 is 1.91 bits per heavy atom. The van der Waals surface area contributed by atoms with Crippen molar-refractivity contribution < 1.29 is 18.8 Å². The molecule has 3 aliphatic heterocycles. The Morgan fingerprint density at radius 3 is 2.71 bits per heavy atom. The van der Waals surface area contributed by atoms with Gasteiger partial charge in [0.2, 0.25) is 11.8 Å². The Labute approximate surface area is 204 Å². The number of nitrogens with one attached hydrogen (secondary N) is 1. The van der Waals surface area contributed by atoms with Gasteiger partial charge in [0.05, 0.1) is 11.3 Å². The van der Waals surface area contributed by atoms with Crippen molar-refractivity contribution in [1.82, 2.24) is 10.2 Å². The van der Waals surface area contributed by atoms with Crippen LogP contribution in [0.4, 0.5) is 15.8 Å². The van der Waals surface area contributed by atoms with E-state index >= 15 is 0 Å². The van der Waals surface area contributed by atoms with Gasteiger partial charge in [-0.15, -0.1) is 0 Å². The summed E-state index contributed by atoms with van der Waals surface area (Å²) in [6, 6.07) is 13.8. The lowest BCUT2D eigenvalue weighted by Gasteiger charge is -2.48. The van der Waals surface area contributed by atoms with Gasteiger partial charge in [0.1, 0.15) is 11.5 Å². The monoisotopic (exact) mass is 478 g/mol. The molecule has 3 heterocycles. The summed E-state index contributed by atoms with van der Waals surface area (Å²) in [5.41, 5.74) is 1.53. The average Bonchev–Trinajstić information content (AvgIpc) is 3.45. The molecule has 0 aliphatic carbocycles. The van der Waals surface area contributed by atoms with E-state index in [1.807, 2.05) is 25.1 Å². The van der Waals surface area contributed by atoms with Crippen LogP contribution in [0.3, 0.4) is 0 Å². The first-order chi connectivity index (χ1) is 16.9. The molecule has 0 radical (unpaired) electrons. The number of carbonyl (C=O) groups excluding carboxylic acids is 3. The first-order valence-corrected chi connectivity index (χ1v) is 12.4. The van der Waals surface area contributed by atoms with Crippen molar-refractivity contribution in [3.8, 4) is 0 Å². The molecule has 0 spiro atoms. The van der Waals surface area contributed by atoms with Crippen LogP contribution < -0.4 is 15.1 Å². The van der Waals surface area contributed by atoms with Gasteiger partial charge in [0.25, 0.3) is 5.91 Å². The summed E-state index contributed by atoms with van der Waals surface area (Å²) < 4.78 is 13.2. The van der Waals surface area contributed by atoms with Crippen molar-refractivity contribution >= 4 is 29.1 Å². The van der Waals surface area contributed by atoms with Gasteiger partial charge in [0, 0.05) is 44.7 Å². The van der Waals surface area contributed by atoms with Crippen LogP contribution in [0.15, 0.2) is 48.5 Å². The molecular weight excluding hydrogens is 447 g/mol. The number of amides is 3. The summed E-state index contributed by atoms with van der Waals surface area (Å²) in [7, 11) is 0. The van der Waals surface area contributed by atoms with E-state index in [1.54, 1.807) is 28.0 Å². The zero-order valence-electron chi connectivity index (χ0n) is 20.0. The number of carbonyl (C=O) groups is 3. The number of benzene rings is 2. The fourth-order valence-corrected chi connectivity index (χ4v) is 5.67. The van der Waals surface area contributed by atoms with Crippen molar-refractivity contribution in [2.24, 2.45) is 5.92 Å². The van der Waals surface area contributed by atoms with E-state index in [0.717, 1.165) is 25.2 Å². The lowest BCUT2D eigenvalue weighted by molar-refractivity contribution is -0.121. The maximum Gasteiger partial charge on any atom is 0.257 e. The number of para-hydroxylation sites is 1. The van der Waals surface area contributed by atoms with Gasteiger partial charge in [-0.3, -0.25) is 19.3 Å². The van der Waals surface area contributed by atoms with Crippen LogP contribution in [-0.2, 0) is 9.59 Å². The van der Waals surface area contributed by atoms with E-state index in [2.05, 4.69) is 10.2 Å². The standard InChI is InChI=1S/C27H31FN4O3/c1-27-14-12-25(34)32(27)23-6-3-2-5-22(23)26(35)31(27)15-4-7-24(33)29-17-19-13-16-30(18-19)21-10-8-20(28)9-11-21/h2-3,5-6,8-11,19H,4,7,12-18H2,1H3,(H,29,33). The lowest BCUT2D eigenvalue weighted by Crippen LogP contribution is -2.62. The summed E-state index contributed by atoms with van der Waals surface area (Å²) in [4.78, 5) is 44.2. The summed E-state index contributed by atoms with van der Waals surface area (Å²) in [6.45, 7) is 4.68. The first kappa shape index (κ1) is 23.3. The van der Waals surface area contributed by atoms with Gasteiger partial charge in [-0.1, -0.05) is 12.1 Å². The fraction of sp³-hybridized carbons (Fsp3) is 0.444. The largest absolute Gasteiger partial charge is 0.371 e. The van der Waals surface area contributed by atoms with Gasteiger partial charge >= 0.3 is 0 Å². The maximum atomic E-state index is 13.3. The molecule has 2 aromatic carbocycles. The number of anilines is 2. The number of hydrogen-bond acceptors (Lipinski definition) is 4. The van der Waals surface area contributed by atoms with Gasteiger partial charge in [-0.2, -0.15) is 0 Å². The first-order valence-electron chi connectivity index (χ1n) is 12.4. The zero-order valence-corrected chi connectivity index (χ0v) is 20.0. The smallest absolute Gasteiger partial charge is 0.257 e. The van der Waals surface area contributed by atoms with Gasteiger partial charge < -0.3 is 15.1 Å². The molecule has 0 bridgehead atoms. The van der Waals surface area contributed by atoms with Crippen molar-refractivity contribution in [2.45, 2.75) is 44.7 Å². The van der Waals surface area contributed by atoms with Crippen LogP contribution in [0.25, 0.3) is 0 Å².